The van der Waals surface area contributed by atoms with Crippen LogP contribution in [-0.4, -0.2) is 30.6 Å². The van der Waals surface area contributed by atoms with Crippen LogP contribution in [-0.2, 0) is 9.53 Å². The molecule has 3 aromatic rings. The van der Waals surface area contributed by atoms with Crippen LogP contribution in [0.4, 0.5) is 16.2 Å². The minimum atomic E-state index is -0.653. The largest absolute Gasteiger partial charge is 0.388 e. The summed E-state index contributed by atoms with van der Waals surface area (Å²) in [5, 5.41) is 8.72. The van der Waals surface area contributed by atoms with E-state index in [0.29, 0.717) is 17.7 Å². The number of benzene rings is 3. The summed E-state index contributed by atoms with van der Waals surface area (Å²) in [5.41, 5.74) is 5.70. The molecular formula is C27H27N3O4. The summed E-state index contributed by atoms with van der Waals surface area (Å²) in [7, 11) is 0. The van der Waals surface area contributed by atoms with E-state index < -0.39 is 18.0 Å². The first-order valence-corrected chi connectivity index (χ1v) is 11.2. The lowest BCUT2D eigenvalue weighted by atomic mass is 10.0. The van der Waals surface area contributed by atoms with E-state index in [9.17, 15) is 14.4 Å². The maximum atomic E-state index is 12.4. The Bertz CT molecular complexity index is 1200. The van der Waals surface area contributed by atoms with Gasteiger partial charge < -0.3 is 20.7 Å². The minimum absolute atomic E-state index is 0.313. The number of esters is 2. The van der Waals surface area contributed by atoms with Crippen molar-refractivity contribution in [2.75, 3.05) is 17.2 Å². The normalized spacial score (nSPS) is 14.9. The van der Waals surface area contributed by atoms with Gasteiger partial charge in [0, 0.05) is 11.4 Å². The highest BCUT2D eigenvalue weighted by Crippen LogP contribution is 2.23. The zero-order chi connectivity index (χ0) is 24.1. The fraction of sp³-hybridized carbons (Fsp3) is 0.222. The standard InChI is InChI=1S/C27H27N3O4/c1-17-5-3-6-23(18(17)2)30-27(33)29-22-14-12-20(13-15-22)19-8-10-21(11-9-19)25(31)34-26(32)24-7-4-16-28-24/h3,5-6,8-15,24,28H,4,7,16H2,1-2H3,(H2,29,30,33)/t24-/m1/s1. The van der Waals surface area contributed by atoms with Gasteiger partial charge in [0.05, 0.1) is 5.56 Å². The molecule has 0 saturated carbocycles. The van der Waals surface area contributed by atoms with Gasteiger partial charge in [-0.3, -0.25) is 0 Å². The Balaban J connectivity index is 1.35. The van der Waals surface area contributed by atoms with E-state index in [1.54, 1.807) is 24.3 Å². The van der Waals surface area contributed by atoms with Crippen molar-refractivity contribution in [1.82, 2.24) is 5.32 Å². The van der Waals surface area contributed by atoms with Crippen molar-refractivity contribution < 1.29 is 19.1 Å². The number of amides is 2. The smallest absolute Gasteiger partial charge is 0.345 e. The van der Waals surface area contributed by atoms with E-state index in [0.717, 1.165) is 40.9 Å². The number of carbonyl (C=O) groups excluding carboxylic acids is 3. The molecule has 0 aliphatic carbocycles. The van der Waals surface area contributed by atoms with Gasteiger partial charge in [-0.05, 0) is 85.8 Å². The summed E-state index contributed by atoms with van der Waals surface area (Å²) in [6, 6.07) is 19.3. The van der Waals surface area contributed by atoms with Crippen LogP contribution in [0.5, 0.6) is 0 Å². The molecule has 1 aliphatic rings. The first kappa shape index (κ1) is 23.2. The summed E-state index contributed by atoms with van der Waals surface area (Å²) >= 11 is 0. The van der Waals surface area contributed by atoms with Crippen molar-refractivity contribution in [1.29, 1.82) is 0 Å². The van der Waals surface area contributed by atoms with Crippen LogP contribution in [0.3, 0.4) is 0 Å². The van der Waals surface area contributed by atoms with E-state index in [4.69, 9.17) is 4.74 Å². The second-order valence-corrected chi connectivity index (χ2v) is 8.34. The lowest BCUT2D eigenvalue weighted by molar-refractivity contribution is -0.139. The molecule has 1 fully saturated rings. The molecule has 4 rings (SSSR count). The number of hydrogen-bond donors (Lipinski definition) is 3. The van der Waals surface area contributed by atoms with E-state index in [2.05, 4.69) is 16.0 Å². The Morgan fingerprint density at radius 2 is 1.56 bits per heavy atom. The lowest BCUT2D eigenvalue weighted by Crippen LogP contribution is -2.33. The number of hydrogen-bond acceptors (Lipinski definition) is 5. The third kappa shape index (κ3) is 5.50. The van der Waals surface area contributed by atoms with Crippen LogP contribution < -0.4 is 16.0 Å². The van der Waals surface area contributed by atoms with Crippen LogP contribution in [0.25, 0.3) is 11.1 Å². The fourth-order valence-electron chi connectivity index (χ4n) is 3.82. The van der Waals surface area contributed by atoms with Gasteiger partial charge in [-0.25, -0.2) is 14.4 Å². The quantitative estimate of drug-likeness (QED) is 0.368. The molecule has 7 nitrogen and oxygen atoms in total. The monoisotopic (exact) mass is 457 g/mol. The van der Waals surface area contributed by atoms with Gasteiger partial charge in [0.15, 0.2) is 0 Å². The Morgan fingerprint density at radius 1 is 0.882 bits per heavy atom. The van der Waals surface area contributed by atoms with Gasteiger partial charge in [-0.1, -0.05) is 36.4 Å². The molecule has 1 heterocycles. The summed E-state index contributed by atoms with van der Waals surface area (Å²) < 4.78 is 4.99. The van der Waals surface area contributed by atoms with Gasteiger partial charge >= 0.3 is 18.0 Å². The molecule has 0 spiro atoms. The number of anilines is 2. The van der Waals surface area contributed by atoms with Crippen molar-refractivity contribution >= 4 is 29.3 Å². The molecule has 3 aromatic carbocycles. The molecule has 1 atom stereocenters. The third-order valence-electron chi connectivity index (χ3n) is 5.99. The predicted molar refractivity (Wildman–Crippen MR) is 132 cm³/mol. The number of ether oxygens (including phenoxy) is 1. The Morgan fingerprint density at radius 3 is 2.21 bits per heavy atom. The molecular weight excluding hydrogens is 430 g/mol. The Labute approximate surface area is 198 Å². The number of rotatable bonds is 5. The van der Waals surface area contributed by atoms with Gasteiger partial charge in [0.25, 0.3) is 0 Å². The zero-order valence-corrected chi connectivity index (χ0v) is 19.2. The van der Waals surface area contributed by atoms with Gasteiger partial charge in [-0.15, -0.1) is 0 Å². The van der Waals surface area contributed by atoms with Crippen molar-refractivity contribution in [3.8, 4) is 11.1 Å². The maximum Gasteiger partial charge on any atom is 0.345 e. The van der Waals surface area contributed by atoms with Crippen LogP contribution in [0, 0.1) is 13.8 Å². The summed E-state index contributed by atoms with van der Waals surface area (Å²) in [5.74, 6) is -1.18. The molecule has 174 valence electrons. The first-order valence-electron chi connectivity index (χ1n) is 11.2. The highest BCUT2D eigenvalue weighted by Gasteiger charge is 2.26. The van der Waals surface area contributed by atoms with E-state index in [1.807, 2.05) is 56.3 Å². The molecule has 0 unspecified atom stereocenters. The van der Waals surface area contributed by atoms with Crippen LogP contribution in [0.15, 0.2) is 66.7 Å². The average Bonchev–Trinajstić information content (AvgIpc) is 3.38. The molecule has 1 aliphatic heterocycles. The second-order valence-electron chi connectivity index (χ2n) is 8.34. The van der Waals surface area contributed by atoms with Crippen molar-refractivity contribution in [3.05, 3.63) is 83.4 Å². The highest BCUT2D eigenvalue weighted by molar-refractivity contribution is 6.00. The molecule has 34 heavy (non-hydrogen) atoms. The van der Waals surface area contributed by atoms with E-state index >= 15 is 0 Å². The molecule has 0 aromatic heterocycles. The minimum Gasteiger partial charge on any atom is -0.388 e. The van der Waals surface area contributed by atoms with E-state index in [1.165, 1.54) is 0 Å². The molecule has 0 radical (unpaired) electrons. The van der Waals surface area contributed by atoms with E-state index in [-0.39, 0.29) is 6.03 Å². The first-order chi connectivity index (χ1) is 16.4. The molecule has 7 heteroatoms. The van der Waals surface area contributed by atoms with Crippen LogP contribution in [0.2, 0.25) is 0 Å². The highest BCUT2D eigenvalue weighted by atomic mass is 16.6. The van der Waals surface area contributed by atoms with Crippen LogP contribution >= 0.6 is 0 Å². The van der Waals surface area contributed by atoms with Gasteiger partial charge in [-0.2, -0.15) is 0 Å². The maximum absolute atomic E-state index is 12.4. The van der Waals surface area contributed by atoms with Gasteiger partial charge in [0.2, 0.25) is 0 Å². The molecule has 2 amide bonds. The summed E-state index contributed by atoms with van der Waals surface area (Å²) in [6.07, 6.45) is 1.58. The SMILES string of the molecule is Cc1cccc(NC(=O)Nc2ccc(-c3ccc(C(=O)OC(=O)[C@H]4CCCN4)cc3)cc2)c1C. The number of urea groups is 1. The molecule has 0 bridgehead atoms. The Hall–Kier alpha value is -3.97. The zero-order valence-electron chi connectivity index (χ0n) is 19.2. The summed E-state index contributed by atoms with van der Waals surface area (Å²) in [6.45, 7) is 4.73. The number of nitrogens with one attached hydrogen (secondary N) is 3. The second kappa shape index (κ2) is 10.3. The average molecular weight is 458 g/mol. The number of aryl methyl sites for hydroxylation is 1. The van der Waals surface area contributed by atoms with Gasteiger partial charge in [0.1, 0.15) is 6.04 Å². The fourth-order valence-corrected chi connectivity index (χ4v) is 3.82. The third-order valence-corrected chi connectivity index (χ3v) is 5.99. The lowest BCUT2D eigenvalue weighted by Gasteiger charge is -2.12. The topological polar surface area (TPSA) is 96.5 Å². The van der Waals surface area contributed by atoms with Crippen LogP contribution in [0.1, 0.15) is 34.3 Å². The molecule has 3 N–H and O–H groups in total. The van der Waals surface area contributed by atoms with Crippen molar-refractivity contribution in [3.63, 3.8) is 0 Å². The molecule has 1 saturated heterocycles. The summed E-state index contributed by atoms with van der Waals surface area (Å²) in [4.78, 5) is 36.6. The van der Waals surface area contributed by atoms with Crippen molar-refractivity contribution in [2.45, 2.75) is 32.7 Å². The van der Waals surface area contributed by atoms with Crippen molar-refractivity contribution in [2.24, 2.45) is 0 Å². The predicted octanol–water partition coefficient (Wildman–Crippen LogP) is 5.05. The number of carbonyl (C=O) groups is 3. The Kier molecular flexibility index (Phi) is 7.04.